The number of hydrogen-bond acceptors (Lipinski definition) is 7. The van der Waals surface area contributed by atoms with Gasteiger partial charge in [-0.15, -0.1) is 0 Å². The van der Waals surface area contributed by atoms with Crippen LogP contribution in [0.5, 0.6) is 0 Å². The average molecular weight is 429 g/mol. The van der Waals surface area contributed by atoms with Crippen LogP contribution < -0.4 is 15.5 Å². The molecule has 2 fully saturated rings. The summed E-state index contributed by atoms with van der Waals surface area (Å²) in [7, 11) is 2.14. The summed E-state index contributed by atoms with van der Waals surface area (Å²) in [6, 6.07) is 5.75. The fraction of sp³-hybridized carbons (Fsp3) is 0.500. The molecule has 3 N–H and O–H groups in total. The highest BCUT2D eigenvalue weighted by atomic mass is 19.1. The van der Waals surface area contributed by atoms with Crippen LogP contribution in [-0.2, 0) is 4.79 Å². The largest absolute Gasteiger partial charge is 0.481 e. The Hall–Kier alpha value is -2.94. The molecule has 1 aliphatic heterocycles. The van der Waals surface area contributed by atoms with E-state index in [0.717, 1.165) is 50.0 Å². The van der Waals surface area contributed by atoms with E-state index < -0.39 is 17.7 Å². The molecule has 1 aromatic heterocycles. The number of halogens is 1. The summed E-state index contributed by atoms with van der Waals surface area (Å²) in [5.74, 6) is -1.69. The first-order chi connectivity index (χ1) is 14.9. The minimum absolute atomic E-state index is 0.0291. The third-order valence-corrected chi connectivity index (χ3v) is 6.20. The van der Waals surface area contributed by atoms with Gasteiger partial charge < -0.3 is 25.5 Å². The van der Waals surface area contributed by atoms with Crippen LogP contribution in [0.2, 0.25) is 0 Å². The maximum atomic E-state index is 14.3. The summed E-state index contributed by atoms with van der Waals surface area (Å²) in [6.07, 6.45) is 3.17. The van der Waals surface area contributed by atoms with Gasteiger partial charge in [0, 0.05) is 43.6 Å². The van der Waals surface area contributed by atoms with Gasteiger partial charge in [-0.1, -0.05) is 6.42 Å². The lowest BCUT2D eigenvalue weighted by molar-refractivity contribution is -0.141. The Balaban J connectivity index is 1.46. The van der Waals surface area contributed by atoms with Crippen LogP contribution in [0, 0.1) is 18.7 Å². The quantitative estimate of drug-likeness (QED) is 0.646. The minimum Gasteiger partial charge on any atom is -0.481 e. The number of nitrogens with one attached hydrogen (secondary N) is 2. The number of hydrogen-bond donors (Lipinski definition) is 3. The van der Waals surface area contributed by atoms with Crippen molar-refractivity contribution in [2.24, 2.45) is 5.92 Å². The molecule has 2 atom stereocenters. The SMILES string of the molecule is Cc1cc(Nc2ncc(F)c(N[C@@H]3CCC[C@H]3C(=O)O)n2)ccc1N1CCN(C)CC1. The number of likely N-dealkylation sites (N-methyl/N-ethyl adjacent to an activating group) is 1. The molecule has 1 aliphatic carbocycles. The van der Waals surface area contributed by atoms with Gasteiger partial charge in [-0.25, -0.2) is 9.37 Å². The highest BCUT2D eigenvalue weighted by molar-refractivity contribution is 5.72. The van der Waals surface area contributed by atoms with E-state index in [1.165, 1.54) is 5.69 Å². The molecule has 0 amide bonds. The van der Waals surface area contributed by atoms with E-state index in [0.29, 0.717) is 12.8 Å². The topological polar surface area (TPSA) is 93.6 Å². The van der Waals surface area contributed by atoms with Crippen molar-refractivity contribution in [2.75, 3.05) is 48.8 Å². The summed E-state index contributed by atoms with van der Waals surface area (Å²) >= 11 is 0. The number of aryl methyl sites for hydroxylation is 1. The summed E-state index contributed by atoms with van der Waals surface area (Å²) < 4.78 is 14.3. The zero-order valence-corrected chi connectivity index (χ0v) is 17.9. The molecule has 4 rings (SSSR count). The monoisotopic (exact) mass is 428 g/mol. The standard InChI is InChI=1S/C22H29FN6O2/c1-14-12-15(6-7-19(14)29-10-8-28(2)9-11-29)25-22-24-13-17(23)20(27-22)26-18-5-3-4-16(18)21(30)31/h6-7,12-13,16,18H,3-5,8-11H2,1-2H3,(H,30,31)(H2,24,25,26,27)/t16-,18-/m1/s1. The van der Waals surface area contributed by atoms with E-state index in [9.17, 15) is 14.3 Å². The zero-order chi connectivity index (χ0) is 22.0. The van der Waals surface area contributed by atoms with Gasteiger partial charge in [0.15, 0.2) is 11.6 Å². The molecule has 2 aliphatic rings. The number of aliphatic carboxylic acids is 1. The molecule has 166 valence electrons. The first kappa shape index (κ1) is 21.3. The van der Waals surface area contributed by atoms with Crippen molar-refractivity contribution < 1.29 is 14.3 Å². The molecule has 0 bridgehead atoms. The fourth-order valence-electron chi connectivity index (χ4n) is 4.40. The van der Waals surface area contributed by atoms with Crippen molar-refractivity contribution in [1.29, 1.82) is 0 Å². The van der Waals surface area contributed by atoms with Gasteiger partial charge in [-0.3, -0.25) is 4.79 Å². The molecule has 31 heavy (non-hydrogen) atoms. The maximum absolute atomic E-state index is 14.3. The Labute approximate surface area is 181 Å². The Bertz CT molecular complexity index is 948. The molecule has 2 aromatic rings. The van der Waals surface area contributed by atoms with E-state index in [-0.39, 0.29) is 17.8 Å². The molecule has 1 aromatic carbocycles. The van der Waals surface area contributed by atoms with Gasteiger partial charge in [0.1, 0.15) is 0 Å². The second-order valence-corrected chi connectivity index (χ2v) is 8.43. The van der Waals surface area contributed by atoms with E-state index in [1.807, 2.05) is 12.1 Å². The molecule has 8 nitrogen and oxygen atoms in total. The molecule has 0 unspecified atom stereocenters. The number of carbonyl (C=O) groups is 1. The Morgan fingerprint density at radius 2 is 2.00 bits per heavy atom. The van der Waals surface area contributed by atoms with Crippen molar-refractivity contribution in [3.8, 4) is 0 Å². The lowest BCUT2D eigenvalue weighted by atomic mass is 10.0. The number of nitrogens with zero attached hydrogens (tertiary/aromatic N) is 4. The van der Waals surface area contributed by atoms with Crippen LogP contribution in [0.4, 0.5) is 27.5 Å². The van der Waals surface area contributed by atoms with Gasteiger partial charge in [0.05, 0.1) is 12.1 Å². The number of anilines is 4. The lowest BCUT2D eigenvalue weighted by Gasteiger charge is -2.35. The van der Waals surface area contributed by atoms with E-state index in [4.69, 9.17) is 0 Å². The van der Waals surface area contributed by atoms with Crippen molar-refractivity contribution in [1.82, 2.24) is 14.9 Å². The Morgan fingerprint density at radius 1 is 1.23 bits per heavy atom. The third kappa shape index (κ3) is 4.87. The van der Waals surface area contributed by atoms with Crippen LogP contribution in [0.25, 0.3) is 0 Å². The minimum atomic E-state index is -0.862. The van der Waals surface area contributed by atoms with Gasteiger partial charge in [-0.2, -0.15) is 4.98 Å². The first-order valence-electron chi connectivity index (χ1n) is 10.7. The van der Waals surface area contributed by atoms with Crippen LogP contribution in [0.3, 0.4) is 0 Å². The Morgan fingerprint density at radius 3 is 2.71 bits per heavy atom. The van der Waals surface area contributed by atoms with E-state index in [2.05, 4.69) is 50.4 Å². The van der Waals surface area contributed by atoms with Crippen LogP contribution in [0.1, 0.15) is 24.8 Å². The summed E-state index contributed by atoms with van der Waals surface area (Å²) in [5, 5.41) is 15.5. The molecule has 1 saturated carbocycles. The molecular weight excluding hydrogens is 399 g/mol. The van der Waals surface area contributed by atoms with Crippen LogP contribution in [0.15, 0.2) is 24.4 Å². The second-order valence-electron chi connectivity index (χ2n) is 8.43. The van der Waals surface area contributed by atoms with Gasteiger partial charge in [0.2, 0.25) is 5.95 Å². The maximum Gasteiger partial charge on any atom is 0.308 e. The van der Waals surface area contributed by atoms with E-state index >= 15 is 0 Å². The number of carboxylic acids is 1. The normalized spacial score (nSPS) is 21.8. The number of carboxylic acid groups (broad SMARTS) is 1. The van der Waals surface area contributed by atoms with E-state index in [1.54, 1.807) is 0 Å². The van der Waals surface area contributed by atoms with Crippen molar-refractivity contribution in [3.63, 3.8) is 0 Å². The second kappa shape index (κ2) is 9.05. The number of piperazine rings is 1. The molecule has 0 spiro atoms. The molecular formula is C22H29FN6O2. The van der Waals surface area contributed by atoms with Crippen molar-refractivity contribution in [3.05, 3.63) is 35.8 Å². The zero-order valence-electron chi connectivity index (χ0n) is 17.9. The lowest BCUT2D eigenvalue weighted by Crippen LogP contribution is -2.44. The summed E-state index contributed by atoms with van der Waals surface area (Å²) in [4.78, 5) is 24.4. The van der Waals surface area contributed by atoms with Crippen molar-refractivity contribution in [2.45, 2.75) is 32.2 Å². The summed E-state index contributed by atoms with van der Waals surface area (Å²) in [5.41, 5.74) is 3.17. The smallest absolute Gasteiger partial charge is 0.308 e. The highest BCUT2D eigenvalue weighted by Gasteiger charge is 2.33. The van der Waals surface area contributed by atoms with Gasteiger partial charge >= 0.3 is 5.97 Å². The Kier molecular flexibility index (Phi) is 6.22. The summed E-state index contributed by atoms with van der Waals surface area (Å²) in [6.45, 7) is 6.16. The highest BCUT2D eigenvalue weighted by Crippen LogP contribution is 2.30. The third-order valence-electron chi connectivity index (χ3n) is 6.20. The number of rotatable bonds is 6. The van der Waals surface area contributed by atoms with Crippen LogP contribution >= 0.6 is 0 Å². The van der Waals surface area contributed by atoms with Crippen molar-refractivity contribution >= 4 is 29.1 Å². The molecule has 9 heteroatoms. The number of aromatic nitrogens is 2. The number of benzene rings is 1. The van der Waals surface area contributed by atoms with Gasteiger partial charge in [0.25, 0.3) is 0 Å². The van der Waals surface area contributed by atoms with Crippen LogP contribution in [-0.4, -0.2) is 65.2 Å². The predicted octanol–water partition coefficient (Wildman–Crippen LogP) is 3.08. The molecule has 1 saturated heterocycles. The first-order valence-corrected chi connectivity index (χ1v) is 10.7. The van der Waals surface area contributed by atoms with Gasteiger partial charge in [-0.05, 0) is 50.6 Å². The fourth-order valence-corrected chi connectivity index (χ4v) is 4.40. The predicted molar refractivity (Wildman–Crippen MR) is 119 cm³/mol. The molecule has 0 radical (unpaired) electrons. The molecule has 2 heterocycles. The average Bonchev–Trinajstić information content (AvgIpc) is 3.20.